The number of hydrogen-bond donors (Lipinski definition) is 1. The van der Waals surface area contributed by atoms with Crippen molar-refractivity contribution in [2.45, 2.75) is 6.42 Å². The summed E-state index contributed by atoms with van der Waals surface area (Å²) in [5, 5.41) is 3.90. The van der Waals surface area contributed by atoms with Crippen molar-refractivity contribution in [2.75, 3.05) is 19.7 Å². The molecule has 1 fully saturated rings. The van der Waals surface area contributed by atoms with E-state index in [1.807, 2.05) is 18.2 Å². The van der Waals surface area contributed by atoms with Crippen LogP contribution in [0, 0.1) is 5.92 Å². The van der Waals surface area contributed by atoms with Crippen molar-refractivity contribution >= 4 is 27.5 Å². The smallest absolute Gasteiger partial charge is 0.137 e. The van der Waals surface area contributed by atoms with Gasteiger partial charge in [0.05, 0.1) is 11.6 Å². The van der Waals surface area contributed by atoms with Gasteiger partial charge in [-0.1, -0.05) is 27.5 Å². The van der Waals surface area contributed by atoms with Gasteiger partial charge < -0.3 is 10.1 Å². The van der Waals surface area contributed by atoms with Crippen LogP contribution in [-0.2, 0) is 0 Å². The van der Waals surface area contributed by atoms with Gasteiger partial charge in [0.25, 0.3) is 0 Å². The minimum atomic E-state index is 0.663. The quantitative estimate of drug-likeness (QED) is 0.920. The molecule has 0 spiro atoms. The van der Waals surface area contributed by atoms with Gasteiger partial charge in [0.2, 0.25) is 0 Å². The van der Waals surface area contributed by atoms with Crippen LogP contribution < -0.4 is 10.1 Å². The third-order valence-corrected chi connectivity index (χ3v) is 3.33. The van der Waals surface area contributed by atoms with E-state index in [1.54, 1.807) is 0 Å². The van der Waals surface area contributed by atoms with Gasteiger partial charge in [0.15, 0.2) is 0 Å². The first-order chi connectivity index (χ1) is 7.25. The van der Waals surface area contributed by atoms with Gasteiger partial charge in [-0.25, -0.2) is 0 Å². The first-order valence-electron chi connectivity index (χ1n) is 5.04. The predicted octanol–water partition coefficient (Wildman–Crippen LogP) is 3.09. The summed E-state index contributed by atoms with van der Waals surface area (Å²) in [7, 11) is 0. The Balaban J connectivity index is 1.81. The molecule has 1 heterocycles. The fraction of sp³-hybridized carbons (Fsp3) is 0.455. The van der Waals surface area contributed by atoms with Crippen molar-refractivity contribution in [3.05, 3.63) is 27.7 Å². The second-order valence-corrected chi connectivity index (χ2v) is 5.06. The molecular weight excluding hydrogens is 277 g/mol. The first-order valence-corrected chi connectivity index (χ1v) is 6.21. The Bertz CT molecular complexity index is 341. The van der Waals surface area contributed by atoms with Crippen molar-refractivity contribution in [3.8, 4) is 5.75 Å². The third-order valence-electron chi connectivity index (χ3n) is 2.54. The fourth-order valence-electron chi connectivity index (χ4n) is 1.48. The van der Waals surface area contributed by atoms with Crippen molar-refractivity contribution in [3.63, 3.8) is 0 Å². The Hall–Kier alpha value is -0.250. The van der Waals surface area contributed by atoms with Crippen molar-refractivity contribution in [1.82, 2.24) is 5.32 Å². The molecule has 1 saturated heterocycles. The van der Waals surface area contributed by atoms with Crippen LogP contribution in [-0.4, -0.2) is 19.7 Å². The Kier molecular flexibility index (Phi) is 3.89. The van der Waals surface area contributed by atoms with E-state index >= 15 is 0 Å². The second kappa shape index (κ2) is 5.19. The minimum absolute atomic E-state index is 0.663. The van der Waals surface area contributed by atoms with E-state index in [-0.39, 0.29) is 0 Å². The summed E-state index contributed by atoms with van der Waals surface area (Å²) in [5.41, 5.74) is 0. The van der Waals surface area contributed by atoms with Crippen molar-refractivity contribution in [1.29, 1.82) is 0 Å². The molecule has 4 heteroatoms. The number of nitrogens with one attached hydrogen (secondary N) is 1. The highest BCUT2D eigenvalue weighted by Crippen LogP contribution is 2.28. The van der Waals surface area contributed by atoms with Crippen LogP contribution in [0.1, 0.15) is 6.42 Å². The normalized spacial score (nSPS) is 16.1. The molecule has 1 aromatic rings. The van der Waals surface area contributed by atoms with Gasteiger partial charge >= 0.3 is 0 Å². The van der Waals surface area contributed by atoms with E-state index in [2.05, 4.69) is 21.2 Å². The molecule has 2 rings (SSSR count). The van der Waals surface area contributed by atoms with Crippen LogP contribution in [0.15, 0.2) is 22.7 Å². The largest absolute Gasteiger partial charge is 0.492 e. The van der Waals surface area contributed by atoms with E-state index in [0.29, 0.717) is 5.02 Å². The standard InChI is InChI=1S/C11H13BrClNO/c12-9-1-2-11(10(13)5-9)15-4-3-8-6-14-7-8/h1-2,5,8,14H,3-4,6-7H2. The summed E-state index contributed by atoms with van der Waals surface area (Å²) in [6.45, 7) is 2.99. The summed E-state index contributed by atoms with van der Waals surface area (Å²) in [6.07, 6.45) is 1.10. The van der Waals surface area contributed by atoms with Crippen LogP contribution in [0.2, 0.25) is 5.02 Å². The maximum absolute atomic E-state index is 6.03. The lowest BCUT2D eigenvalue weighted by molar-refractivity contribution is 0.238. The Morgan fingerprint density at radius 3 is 2.87 bits per heavy atom. The van der Waals surface area contributed by atoms with Gasteiger partial charge in [-0.05, 0) is 43.6 Å². The molecule has 82 valence electrons. The number of benzene rings is 1. The molecule has 1 aliphatic rings. The van der Waals surface area contributed by atoms with Gasteiger partial charge in [-0.15, -0.1) is 0 Å². The summed E-state index contributed by atoms with van der Waals surface area (Å²) in [5.74, 6) is 1.55. The highest BCUT2D eigenvalue weighted by molar-refractivity contribution is 9.10. The molecule has 1 aliphatic heterocycles. The van der Waals surface area contributed by atoms with Crippen LogP contribution in [0.4, 0.5) is 0 Å². The number of rotatable bonds is 4. The monoisotopic (exact) mass is 289 g/mol. The fourth-order valence-corrected chi connectivity index (χ4v) is 2.21. The van der Waals surface area contributed by atoms with Crippen molar-refractivity contribution in [2.24, 2.45) is 5.92 Å². The number of hydrogen-bond acceptors (Lipinski definition) is 2. The zero-order chi connectivity index (χ0) is 10.7. The zero-order valence-corrected chi connectivity index (χ0v) is 10.6. The average Bonchev–Trinajstić information content (AvgIpc) is 2.12. The Morgan fingerprint density at radius 1 is 1.47 bits per heavy atom. The molecule has 0 saturated carbocycles. The van der Waals surface area contributed by atoms with E-state index in [9.17, 15) is 0 Å². The summed E-state index contributed by atoms with van der Waals surface area (Å²) in [4.78, 5) is 0. The van der Waals surface area contributed by atoms with E-state index in [1.165, 1.54) is 0 Å². The Labute approximate surface area is 103 Å². The molecule has 0 unspecified atom stereocenters. The molecule has 0 aliphatic carbocycles. The van der Waals surface area contributed by atoms with Gasteiger partial charge in [0, 0.05) is 4.47 Å². The zero-order valence-electron chi connectivity index (χ0n) is 8.30. The molecule has 2 nitrogen and oxygen atoms in total. The van der Waals surface area contributed by atoms with Gasteiger partial charge in [-0.2, -0.15) is 0 Å². The molecule has 0 radical (unpaired) electrons. The SMILES string of the molecule is Clc1cc(Br)ccc1OCCC1CNC1. The summed E-state index contributed by atoms with van der Waals surface area (Å²) < 4.78 is 6.59. The maximum atomic E-state index is 6.03. The maximum Gasteiger partial charge on any atom is 0.137 e. The molecule has 0 bridgehead atoms. The third kappa shape index (κ3) is 3.10. The van der Waals surface area contributed by atoms with E-state index in [0.717, 1.165) is 42.3 Å². The summed E-state index contributed by atoms with van der Waals surface area (Å²) >= 11 is 9.39. The molecule has 0 aromatic heterocycles. The lowest BCUT2D eigenvalue weighted by atomic mass is 10.0. The molecule has 1 aromatic carbocycles. The highest BCUT2D eigenvalue weighted by atomic mass is 79.9. The van der Waals surface area contributed by atoms with Gasteiger partial charge in [-0.3, -0.25) is 0 Å². The van der Waals surface area contributed by atoms with Crippen molar-refractivity contribution < 1.29 is 4.74 Å². The molecule has 0 atom stereocenters. The Morgan fingerprint density at radius 2 is 2.27 bits per heavy atom. The molecular formula is C11H13BrClNO. The first kappa shape index (κ1) is 11.2. The minimum Gasteiger partial charge on any atom is -0.492 e. The molecule has 1 N–H and O–H groups in total. The topological polar surface area (TPSA) is 21.3 Å². The number of ether oxygens (including phenoxy) is 1. The van der Waals surface area contributed by atoms with Gasteiger partial charge in [0.1, 0.15) is 5.75 Å². The average molecular weight is 291 g/mol. The molecule has 15 heavy (non-hydrogen) atoms. The summed E-state index contributed by atoms with van der Waals surface area (Å²) in [6, 6.07) is 5.68. The van der Waals surface area contributed by atoms with E-state index < -0.39 is 0 Å². The number of halogens is 2. The van der Waals surface area contributed by atoms with Crippen LogP contribution in [0.3, 0.4) is 0 Å². The highest BCUT2D eigenvalue weighted by Gasteiger charge is 2.16. The second-order valence-electron chi connectivity index (χ2n) is 3.74. The predicted molar refractivity (Wildman–Crippen MR) is 65.6 cm³/mol. The van der Waals surface area contributed by atoms with E-state index in [4.69, 9.17) is 16.3 Å². The van der Waals surface area contributed by atoms with Crippen LogP contribution in [0.25, 0.3) is 0 Å². The lowest BCUT2D eigenvalue weighted by Crippen LogP contribution is -2.42. The van der Waals surface area contributed by atoms with Crippen LogP contribution in [0.5, 0.6) is 5.75 Å². The molecule has 0 amide bonds. The van der Waals surface area contributed by atoms with Crippen LogP contribution >= 0.6 is 27.5 Å². The lowest BCUT2D eigenvalue weighted by Gasteiger charge is -2.26.